The monoisotopic (exact) mass is 261 g/mol. The fourth-order valence-corrected chi connectivity index (χ4v) is 2.76. The second-order valence-corrected chi connectivity index (χ2v) is 5.34. The van der Waals surface area contributed by atoms with Gasteiger partial charge >= 0.3 is 0 Å². The number of nitrogens with one attached hydrogen (secondary N) is 1. The van der Waals surface area contributed by atoms with Gasteiger partial charge in [-0.1, -0.05) is 6.07 Å². The van der Waals surface area contributed by atoms with Crippen molar-refractivity contribution in [2.75, 3.05) is 17.7 Å². The molecule has 3 rings (SSSR count). The van der Waals surface area contributed by atoms with Crippen molar-refractivity contribution in [3.05, 3.63) is 23.8 Å². The first-order chi connectivity index (χ1) is 9.16. The molecule has 1 aliphatic carbocycles. The Labute approximate surface area is 112 Å². The molecule has 5 N–H and O–H groups in total. The standard InChI is InChI=1S/C14H19N3O2/c15-12-9(14(16)18)2-1-3-10(12)17-11-6-7-19-13(11)8-4-5-8/h1-3,8,11,13,17H,4-7,15H2,(H2,16,18). The quantitative estimate of drug-likeness (QED) is 0.713. The van der Waals surface area contributed by atoms with Crippen molar-refractivity contribution in [1.29, 1.82) is 0 Å². The summed E-state index contributed by atoms with van der Waals surface area (Å²) in [6, 6.07) is 5.59. The molecule has 1 aliphatic heterocycles. The second-order valence-electron chi connectivity index (χ2n) is 5.34. The van der Waals surface area contributed by atoms with E-state index in [0.717, 1.165) is 18.7 Å². The molecule has 2 fully saturated rings. The van der Waals surface area contributed by atoms with E-state index in [0.29, 0.717) is 17.2 Å². The van der Waals surface area contributed by atoms with Gasteiger partial charge in [0.25, 0.3) is 5.91 Å². The molecule has 0 spiro atoms. The Morgan fingerprint density at radius 3 is 2.79 bits per heavy atom. The fraction of sp³-hybridized carbons (Fsp3) is 0.500. The first kappa shape index (κ1) is 12.3. The Bertz CT molecular complexity index is 499. The highest BCUT2D eigenvalue weighted by atomic mass is 16.5. The van der Waals surface area contributed by atoms with E-state index in [1.165, 1.54) is 12.8 Å². The maximum absolute atomic E-state index is 11.3. The molecule has 1 aromatic rings. The summed E-state index contributed by atoms with van der Waals surface area (Å²) in [5.74, 6) is 0.183. The maximum Gasteiger partial charge on any atom is 0.250 e. The van der Waals surface area contributed by atoms with Gasteiger partial charge in [-0.2, -0.15) is 0 Å². The van der Waals surface area contributed by atoms with Crippen molar-refractivity contribution < 1.29 is 9.53 Å². The van der Waals surface area contributed by atoms with Crippen molar-refractivity contribution in [1.82, 2.24) is 0 Å². The summed E-state index contributed by atoms with van der Waals surface area (Å²) >= 11 is 0. The second kappa shape index (κ2) is 4.74. The number of para-hydroxylation sites is 1. The van der Waals surface area contributed by atoms with Gasteiger partial charge in [-0.3, -0.25) is 4.79 Å². The normalized spacial score (nSPS) is 26.3. The summed E-state index contributed by atoms with van der Waals surface area (Å²) in [6.45, 7) is 0.786. The van der Waals surface area contributed by atoms with Crippen LogP contribution in [-0.4, -0.2) is 24.7 Å². The SMILES string of the molecule is NC(=O)c1cccc(NC2CCOC2C2CC2)c1N. The van der Waals surface area contributed by atoms with Crippen LogP contribution in [0.2, 0.25) is 0 Å². The molecule has 2 aliphatic rings. The van der Waals surface area contributed by atoms with Crippen molar-refractivity contribution in [3.8, 4) is 0 Å². The van der Waals surface area contributed by atoms with Crippen molar-refractivity contribution in [2.45, 2.75) is 31.4 Å². The molecule has 0 radical (unpaired) electrons. The lowest BCUT2D eigenvalue weighted by molar-refractivity contribution is 0.0898. The zero-order chi connectivity index (χ0) is 13.4. The molecule has 19 heavy (non-hydrogen) atoms. The Morgan fingerprint density at radius 1 is 1.32 bits per heavy atom. The molecule has 5 heteroatoms. The fourth-order valence-electron chi connectivity index (χ4n) is 2.76. The molecular weight excluding hydrogens is 242 g/mol. The van der Waals surface area contributed by atoms with Crippen LogP contribution in [0.15, 0.2) is 18.2 Å². The lowest BCUT2D eigenvalue weighted by Crippen LogP contribution is -2.31. The number of rotatable bonds is 4. The number of carbonyl (C=O) groups is 1. The molecule has 5 nitrogen and oxygen atoms in total. The minimum atomic E-state index is -0.498. The molecule has 1 amide bonds. The van der Waals surface area contributed by atoms with E-state index in [2.05, 4.69) is 5.32 Å². The van der Waals surface area contributed by atoms with E-state index in [1.807, 2.05) is 6.07 Å². The van der Waals surface area contributed by atoms with E-state index in [1.54, 1.807) is 12.1 Å². The minimum Gasteiger partial charge on any atom is -0.396 e. The topological polar surface area (TPSA) is 90.4 Å². The summed E-state index contributed by atoms with van der Waals surface area (Å²) < 4.78 is 5.78. The molecule has 2 unspecified atom stereocenters. The third-order valence-electron chi connectivity index (χ3n) is 3.93. The van der Waals surface area contributed by atoms with Gasteiger partial charge in [0.2, 0.25) is 0 Å². The lowest BCUT2D eigenvalue weighted by Gasteiger charge is -2.22. The summed E-state index contributed by atoms with van der Waals surface area (Å²) in [5.41, 5.74) is 12.9. The van der Waals surface area contributed by atoms with Crippen LogP contribution < -0.4 is 16.8 Å². The first-order valence-electron chi connectivity index (χ1n) is 6.73. The molecule has 1 aromatic carbocycles. The van der Waals surface area contributed by atoms with E-state index < -0.39 is 5.91 Å². The average Bonchev–Trinajstić information content (AvgIpc) is 3.12. The smallest absolute Gasteiger partial charge is 0.250 e. The van der Waals surface area contributed by atoms with Crippen LogP contribution in [0.1, 0.15) is 29.6 Å². The van der Waals surface area contributed by atoms with Gasteiger partial charge < -0.3 is 21.5 Å². The van der Waals surface area contributed by atoms with E-state index in [-0.39, 0.29) is 12.1 Å². The third kappa shape index (κ3) is 2.38. The Balaban J connectivity index is 1.79. The molecule has 0 aromatic heterocycles. The van der Waals surface area contributed by atoms with Crippen LogP contribution in [0.5, 0.6) is 0 Å². The zero-order valence-electron chi connectivity index (χ0n) is 10.8. The summed E-state index contributed by atoms with van der Waals surface area (Å²) in [4.78, 5) is 11.3. The number of primary amides is 1. The molecule has 1 saturated carbocycles. The highest BCUT2D eigenvalue weighted by Gasteiger charge is 2.40. The van der Waals surface area contributed by atoms with Gasteiger partial charge in [-0.25, -0.2) is 0 Å². The average molecular weight is 261 g/mol. The predicted molar refractivity (Wildman–Crippen MR) is 73.9 cm³/mol. The van der Waals surface area contributed by atoms with E-state index in [9.17, 15) is 4.79 Å². The van der Waals surface area contributed by atoms with Crippen LogP contribution in [0, 0.1) is 5.92 Å². The van der Waals surface area contributed by atoms with Gasteiger partial charge in [0.1, 0.15) is 0 Å². The van der Waals surface area contributed by atoms with Gasteiger partial charge in [-0.05, 0) is 37.3 Å². The number of carbonyl (C=O) groups excluding carboxylic acids is 1. The predicted octanol–water partition coefficient (Wildman–Crippen LogP) is 1.35. The highest BCUT2D eigenvalue weighted by Crippen LogP contribution is 2.40. The zero-order valence-corrected chi connectivity index (χ0v) is 10.8. The molecule has 1 heterocycles. The van der Waals surface area contributed by atoms with Crippen molar-refractivity contribution in [3.63, 3.8) is 0 Å². The van der Waals surface area contributed by atoms with Gasteiger partial charge in [0, 0.05) is 6.61 Å². The van der Waals surface area contributed by atoms with Crippen LogP contribution in [0.3, 0.4) is 0 Å². The Hall–Kier alpha value is -1.75. The largest absolute Gasteiger partial charge is 0.396 e. The number of benzene rings is 1. The number of nitrogens with two attached hydrogens (primary N) is 2. The summed E-state index contributed by atoms with van der Waals surface area (Å²) in [7, 11) is 0. The molecule has 1 saturated heterocycles. The van der Waals surface area contributed by atoms with Crippen molar-refractivity contribution >= 4 is 17.3 Å². The first-order valence-corrected chi connectivity index (χ1v) is 6.73. The van der Waals surface area contributed by atoms with E-state index >= 15 is 0 Å². The minimum absolute atomic E-state index is 0.275. The number of ether oxygens (including phenoxy) is 1. The Morgan fingerprint density at radius 2 is 2.11 bits per heavy atom. The van der Waals surface area contributed by atoms with Crippen LogP contribution in [-0.2, 0) is 4.74 Å². The Kier molecular flexibility index (Phi) is 3.06. The molecular formula is C14H19N3O2. The van der Waals surface area contributed by atoms with Crippen LogP contribution in [0.4, 0.5) is 11.4 Å². The summed E-state index contributed by atoms with van der Waals surface area (Å²) in [6.07, 6.45) is 3.75. The molecule has 102 valence electrons. The van der Waals surface area contributed by atoms with Gasteiger partial charge in [0.05, 0.1) is 29.1 Å². The number of amides is 1. The van der Waals surface area contributed by atoms with Crippen LogP contribution >= 0.6 is 0 Å². The van der Waals surface area contributed by atoms with Gasteiger partial charge in [-0.15, -0.1) is 0 Å². The maximum atomic E-state index is 11.3. The number of nitrogen functional groups attached to an aromatic ring is 1. The number of anilines is 2. The van der Waals surface area contributed by atoms with Crippen LogP contribution in [0.25, 0.3) is 0 Å². The third-order valence-corrected chi connectivity index (χ3v) is 3.93. The summed E-state index contributed by atoms with van der Waals surface area (Å²) in [5, 5.41) is 3.42. The molecule has 2 atom stereocenters. The van der Waals surface area contributed by atoms with Gasteiger partial charge in [0.15, 0.2) is 0 Å². The number of hydrogen-bond acceptors (Lipinski definition) is 4. The van der Waals surface area contributed by atoms with Crippen molar-refractivity contribution in [2.24, 2.45) is 11.7 Å². The molecule has 0 bridgehead atoms. The highest BCUT2D eigenvalue weighted by molar-refractivity contribution is 6.00. The van der Waals surface area contributed by atoms with E-state index in [4.69, 9.17) is 16.2 Å². The lowest BCUT2D eigenvalue weighted by atomic mass is 10.0. The number of hydrogen-bond donors (Lipinski definition) is 3.